The molecule has 0 fully saturated rings. The van der Waals surface area contributed by atoms with E-state index in [0.717, 1.165) is 0 Å². The van der Waals surface area contributed by atoms with E-state index in [1.807, 2.05) is 0 Å². The fourth-order valence-corrected chi connectivity index (χ4v) is 0. The summed E-state index contributed by atoms with van der Waals surface area (Å²) in [6.45, 7) is 0. The Morgan fingerprint density at radius 2 is 1.12 bits per heavy atom. The SMILES string of the molecule is O=P(O)(O)O.[Fe].[LiH].[PbH2]. The van der Waals surface area contributed by atoms with Crippen molar-refractivity contribution in [1.29, 1.82) is 0 Å². The van der Waals surface area contributed by atoms with E-state index in [1.54, 1.807) is 0 Å². The van der Waals surface area contributed by atoms with E-state index in [0.29, 0.717) is 0 Å². The van der Waals surface area contributed by atoms with Crippen molar-refractivity contribution in [2.45, 2.75) is 0 Å². The number of hydrogen-bond donors (Lipinski definition) is 3. The van der Waals surface area contributed by atoms with Gasteiger partial charge in [0, 0.05) is 17.1 Å². The van der Waals surface area contributed by atoms with Crippen LogP contribution < -0.4 is 0 Å². The molecule has 0 amide bonds. The van der Waals surface area contributed by atoms with E-state index in [4.69, 9.17) is 19.2 Å². The third kappa shape index (κ3) is 90.2. The molecule has 0 aliphatic heterocycles. The van der Waals surface area contributed by atoms with Crippen LogP contribution in [-0.4, -0.2) is 60.8 Å². The molecule has 0 spiro atoms. The average molecular weight is 371 g/mol. The van der Waals surface area contributed by atoms with Crippen LogP contribution in [0.1, 0.15) is 0 Å². The van der Waals surface area contributed by atoms with Crippen LogP contribution in [0.5, 0.6) is 0 Å². The molecule has 0 rings (SSSR count). The summed E-state index contributed by atoms with van der Waals surface area (Å²) < 4.78 is 8.88. The van der Waals surface area contributed by atoms with Crippen LogP contribution in [-0.2, 0) is 21.6 Å². The molecule has 0 aromatic heterocycles. The first kappa shape index (κ1) is 22.5. The summed E-state index contributed by atoms with van der Waals surface area (Å²) in [5.41, 5.74) is 0. The van der Waals surface area contributed by atoms with Crippen molar-refractivity contribution in [2.24, 2.45) is 0 Å². The summed E-state index contributed by atoms with van der Waals surface area (Å²) in [5.74, 6) is 0. The first-order valence-electron chi connectivity index (χ1n) is 0.783. The fraction of sp³-hybridized carbons (Fsp3) is 0. The number of phosphoric acid groups is 1. The minimum atomic E-state index is -4.64. The predicted octanol–water partition coefficient (Wildman–Crippen LogP) is -2.50. The van der Waals surface area contributed by atoms with Gasteiger partial charge in [-0.05, 0) is 0 Å². The van der Waals surface area contributed by atoms with Gasteiger partial charge in [-0.15, -0.1) is 0 Å². The molecular formula is H6FeLiO4PPb. The maximum absolute atomic E-state index is 8.88. The topological polar surface area (TPSA) is 77.8 Å². The molecule has 3 N–H and O–H groups in total. The van der Waals surface area contributed by atoms with E-state index < -0.39 is 7.82 Å². The molecule has 0 aromatic rings. The van der Waals surface area contributed by atoms with E-state index in [2.05, 4.69) is 0 Å². The van der Waals surface area contributed by atoms with Gasteiger partial charge in [0.25, 0.3) is 0 Å². The molecule has 2 radical (unpaired) electrons. The third-order valence-corrected chi connectivity index (χ3v) is 0. The molecule has 0 saturated carbocycles. The van der Waals surface area contributed by atoms with Gasteiger partial charge in [-0.3, -0.25) is 0 Å². The molecule has 0 aromatic carbocycles. The molecule has 4 nitrogen and oxygen atoms in total. The zero-order chi connectivity index (χ0) is 4.50. The van der Waals surface area contributed by atoms with Crippen LogP contribution in [0.2, 0.25) is 0 Å². The predicted molar refractivity (Wildman–Crippen MR) is 30.0 cm³/mol. The van der Waals surface area contributed by atoms with Crippen LogP contribution in [0.3, 0.4) is 0 Å². The van der Waals surface area contributed by atoms with Crippen molar-refractivity contribution in [3.63, 3.8) is 0 Å². The van der Waals surface area contributed by atoms with Gasteiger partial charge in [-0.1, -0.05) is 0 Å². The van der Waals surface area contributed by atoms with Crippen LogP contribution >= 0.6 is 7.82 Å². The van der Waals surface area contributed by atoms with Crippen LogP contribution in [0.15, 0.2) is 0 Å². The van der Waals surface area contributed by atoms with Gasteiger partial charge in [0.2, 0.25) is 0 Å². The summed E-state index contributed by atoms with van der Waals surface area (Å²) in [7, 11) is -4.64. The van der Waals surface area contributed by atoms with Crippen LogP contribution in [0, 0.1) is 0 Å². The van der Waals surface area contributed by atoms with Crippen molar-refractivity contribution in [3.05, 3.63) is 0 Å². The Morgan fingerprint density at radius 3 is 1.12 bits per heavy atom. The van der Waals surface area contributed by atoms with Crippen LogP contribution in [0.25, 0.3) is 0 Å². The van der Waals surface area contributed by atoms with E-state index in [-0.39, 0.29) is 63.2 Å². The molecule has 48 valence electrons. The number of rotatable bonds is 0. The second-order valence-corrected chi connectivity index (χ2v) is 1.54. The van der Waals surface area contributed by atoms with Gasteiger partial charge in [0.05, 0.1) is 0 Å². The molecule has 0 aliphatic rings. The van der Waals surface area contributed by atoms with Crippen molar-refractivity contribution in [3.8, 4) is 0 Å². The van der Waals surface area contributed by atoms with Crippen molar-refractivity contribution in [2.75, 3.05) is 0 Å². The van der Waals surface area contributed by atoms with Gasteiger partial charge in [0.1, 0.15) is 0 Å². The first-order valence-corrected chi connectivity index (χ1v) is 2.35. The summed E-state index contributed by atoms with van der Waals surface area (Å²) in [4.78, 5) is 21.6. The van der Waals surface area contributed by atoms with E-state index in [9.17, 15) is 0 Å². The average Bonchev–Trinajstić information content (AvgIpc) is 0.722. The van der Waals surface area contributed by atoms with Crippen molar-refractivity contribution < 1.29 is 36.3 Å². The van der Waals surface area contributed by atoms with Gasteiger partial charge >= 0.3 is 54.0 Å². The first-order chi connectivity index (χ1) is 2.00. The molecule has 0 aliphatic carbocycles. The van der Waals surface area contributed by atoms with Gasteiger partial charge < -0.3 is 14.7 Å². The maximum atomic E-state index is 8.88. The molecule has 0 unspecified atom stereocenters. The Hall–Kier alpha value is 2.15. The molecule has 0 saturated heterocycles. The second-order valence-electron chi connectivity index (χ2n) is 0.513. The normalized spacial score (nSPS) is 7.38. The summed E-state index contributed by atoms with van der Waals surface area (Å²) >= 11 is 0. The molecule has 8 heavy (non-hydrogen) atoms. The molecule has 0 bridgehead atoms. The summed E-state index contributed by atoms with van der Waals surface area (Å²) in [5, 5.41) is 0. The van der Waals surface area contributed by atoms with Gasteiger partial charge in [0.15, 0.2) is 0 Å². The molecule has 0 heterocycles. The zero-order valence-corrected chi connectivity index (χ0v) is 10.8. The van der Waals surface area contributed by atoms with Crippen molar-refractivity contribution in [1.82, 2.24) is 0 Å². The zero-order valence-electron chi connectivity index (χ0n) is 3.26. The Morgan fingerprint density at radius 1 is 1.12 bits per heavy atom. The standard InChI is InChI=1S/Fe.Li.H3O4P.Pb.3H/c;;1-5(2,3)4;;;;/h;;(H3,1,2,3,4);;;;. The van der Waals surface area contributed by atoms with Crippen LogP contribution in [0.4, 0.5) is 0 Å². The number of hydrogen-bond acceptors (Lipinski definition) is 1. The van der Waals surface area contributed by atoms with E-state index >= 15 is 0 Å². The fourth-order valence-electron chi connectivity index (χ4n) is 0. The van der Waals surface area contributed by atoms with Gasteiger partial charge in [-0.2, -0.15) is 0 Å². The van der Waals surface area contributed by atoms with Gasteiger partial charge in [-0.25, -0.2) is 4.57 Å². The van der Waals surface area contributed by atoms with Crippen molar-refractivity contribution >= 4 is 54.0 Å². The third-order valence-electron chi connectivity index (χ3n) is 0. The Bertz CT molecular complexity index is 62.2. The molecule has 0 atom stereocenters. The van der Waals surface area contributed by atoms with E-state index in [1.165, 1.54) is 0 Å². The Balaban J connectivity index is -0.0000000267. The monoisotopic (exact) mass is 372 g/mol. The quantitative estimate of drug-likeness (QED) is 0.325. The minimum absolute atomic E-state index is 0. The summed E-state index contributed by atoms with van der Waals surface area (Å²) in [6, 6.07) is 0. The molecular weight excluding hydrogens is 365 g/mol. The second kappa shape index (κ2) is 9.15. The Labute approximate surface area is 89.5 Å². The Kier molecular flexibility index (Phi) is 25.7. The molecule has 8 heteroatoms. The summed E-state index contributed by atoms with van der Waals surface area (Å²) in [6.07, 6.45) is 0.